The van der Waals surface area contributed by atoms with Gasteiger partial charge in [0.15, 0.2) is 0 Å². The predicted octanol–water partition coefficient (Wildman–Crippen LogP) is 2.74. The SMILES string of the molecule is Cc1ccc(C(=O)NCC2(C(C)C)CC2)c(N)c1. The van der Waals surface area contributed by atoms with E-state index in [4.69, 9.17) is 5.73 Å². The topological polar surface area (TPSA) is 55.1 Å². The number of hydrogen-bond acceptors (Lipinski definition) is 2. The molecule has 0 aliphatic heterocycles. The number of carbonyl (C=O) groups is 1. The Balaban J connectivity index is 2.00. The zero-order chi connectivity index (χ0) is 13.3. The van der Waals surface area contributed by atoms with Crippen LogP contribution in [0.15, 0.2) is 18.2 Å². The molecule has 1 aromatic carbocycles. The number of nitrogens with one attached hydrogen (secondary N) is 1. The number of amides is 1. The van der Waals surface area contributed by atoms with Crippen LogP contribution in [-0.2, 0) is 0 Å². The Morgan fingerprint density at radius 1 is 1.44 bits per heavy atom. The smallest absolute Gasteiger partial charge is 0.253 e. The minimum atomic E-state index is -0.0561. The molecule has 0 unspecified atom stereocenters. The Hall–Kier alpha value is -1.51. The number of rotatable bonds is 4. The van der Waals surface area contributed by atoms with Gasteiger partial charge in [0.05, 0.1) is 5.56 Å². The molecule has 3 heteroatoms. The van der Waals surface area contributed by atoms with Crippen molar-refractivity contribution in [3.05, 3.63) is 29.3 Å². The second-order valence-electron chi connectivity index (χ2n) is 5.79. The molecular formula is C15H22N2O. The lowest BCUT2D eigenvalue weighted by atomic mass is 9.92. The zero-order valence-electron chi connectivity index (χ0n) is 11.4. The summed E-state index contributed by atoms with van der Waals surface area (Å²) in [5, 5.41) is 3.02. The summed E-state index contributed by atoms with van der Waals surface area (Å²) in [6.45, 7) is 7.17. The Morgan fingerprint density at radius 2 is 2.11 bits per heavy atom. The fourth-order valence-corrected chi connectivity index (χ4v) is 2.36. The third-order valence-electron chi connectivity index (χ3n) is 4.17. The second kappa shape index (κ2) is 4.63. The van der Waals surface area contributed by atoms with Gasteiger partial charge in [-0.05, 0) is 48.8 Å². The maximum Gasteiger partial charge on any atom is 0.253 e. The molecule has 0 radical (unpaired) electrons. The van der Waals surface area contributed by atoms with Crippen LogP contribution in [0.1, 0.15) is 42.6 Å². The molecule has 0 bridgehead atoms. The van der Waals surface area contributed by atoms with E-state index in [0.29, 0.717) is 22.6 Å². The van der Waals surface area contributed by atoms with E-state index >= 15 is 0 Å². The van der Waals surface area contributed by atoms with Crippen LogP contribution < -0.4 is 11.1 Å². The number of anilines is 1. The third kappa shape index (κ3) is 2.50. The average molecular weight is 246 g/mol. The van der Waals surface area contributed by atoms with E-state index in [1.165, 1.54) is 12.8 Å². The molecule has 1 amide bonds. The van der Waals surface area contributed by atoms with Gasteiger partial charge in [0, 0.05) is 12.2 Å². The van der Waals surface area contributed by atoms with Crippen LogP contribution in [0.3, 0.4) is 0 Å². The molecule has 0 saturated heterocycles. The summed E-state index contributed by atoms with van der Waals surface area (Å²) in [5.74, 6) is 0.563. The lowest BCUT2D eigenvalue weighted by Gasteiger charge is -2.20. The molecule has 0 aromatic heterocycles. The van der Waals surface area contributed by atoms with Crippen molar-refractivity contribution in [1.29, 1.82) is 0 Å². The first-order valence-corrected chi connectivity index (χ1v) is 6.59. The molecule has 1 aliphatic carbocycles. The van der Waals surface area contributed by atoms with Gasteiger partial charge < -0.3 is 11.1 Å². The van der Waals surface area contributed by atoms with Gasteiger partial charge in [-0.3, -0.25) is 4.79 Å². The summed E-state index contributed by atoms with van der Waals surface area (Å²) >= 11 is 0. The molecule has 3 N–H and O–H groups in total. The number of hydrogen-bond donors (Lipinski definition) is 2. The van der Waals surface area contributed by atoms with Crippen molar-refractivity contribution in [2.45, 2.75) is 33.6 Å². The largest absolute Gasteiger partial charge is 0.398 e. The van der Waals surface area contributed by atoms with E-state index in [1.54, 1.807) is 6.07 Å². The van der Waals surface area contributed by atoms with Crippen LogP contribution in [0.5, 0.6) is 0 Å². The fraction of sp³-hybridized carbons (Fsp3) is 0.533. The van der Waals surface area contributed by atoms with Crippen LogP contribution in [0.2, 0.25) is 0 Å². The van der Waals surface area contributed by atoms with Gasteiger partial charge in [-0.1, -0.05) is 19.9 Å². The summed E-state index contributed by atoms with van der Waals surface area (Å²) in [6.07, 6.45) is 2.43. The average Bonchev–Trinajstić information content (AvgIpc) is 3.07. The van der Waals surface area contributed by atoms with Crippen LogP contribution in [0, 0.1) is 18.3 Å². The highest BCUT2D eigenvalue weighted by Gasteiger charge is 2.45. The predicted molar refractivity (Wildman–Crippen MR) is 74.4 cm³/mol. The molecule has 0 spiro atoms. The van der Waals surface area contributed by atoms with Crippen LogP contribution in [0.4, 0.5) is 5.69 Å². The first-order valence-electron chi connectivity index (χ1n) is 6.59. The summed E-state index contributed by atoms with van der Waals surface area (Å²) < 4.78 is 0. The Kier molecular flexibility index (Phi) is 3.33. The quantitative estimate of drug-likeness (QED) is 0.803. The van der Waals surface area contributed by atoms with Crippen LogP contribution in [-0.4, -0.2) is 12.5 Å². The van der Waals surface area contributed by atoms with Crippen molar-refractivity contribution < 1.29 is 4.79 Å². The standard InChI is InChI=1S/C15H22N2O/c1-10(2)15(6-7-15)9-17-14(18)12-5-4-11(3)8-13(12)16/h4-5,8,10H,6-7,9,16H2,1-3H3,(H,17,18). The summed E-state index contributed by atoms with van der Waals surface area (Å²) in [6, 6.07) is 5.56. The summed E-state index contributed by atoms with van der Waals surface area (Å²) in [4.78, 5) is 12.1. The van der Waals surface area contributed by atoms with Crippen molar-refractivity contribution in [2.75, 3.05) is 12.3 Å². The minimum Gasteiger partial charge on any atom is -0.398 e. The van der Waals surface area contributed by atoms with Crippen molar-refractivity contribution in [3.8, 4) is 0 Å². The first kappa shape index (κ1) is 12.9. The summed E-state index contributed by atoms with van der Waals surface area (Å²) in [7, 11) is 0. The molecule has 0 atom stereocenters. The highest BCUT2D eigenvalue weighted by Crippen LogP contribution is 2.51. The van der Waals surface area contributed by atoms with Gasteiger partial charge in [0.1, 0.15) is 0 Å². The Labute approximate surface area is 109 Å². The first-order chi connectivity index (χ1) is 8.44. The molecule has 1 fully saturated rings. The van der Waals surface area contributed by atoms with E-state index in [2.05, 4.69) is 19.2 Å². The molecular weight excluding hydrogens is 224 g/mol. The van der Waals surface area contributed by atoms with Gasteiger partial charge in [0.25, 0.3) is 5.91 Å². The molecule has 0 heterocycles. The van der Waals surface area contributed by atoms with Crippen molar-refractivity contribution in [3.63, 3.8) is 0 Å². The molecule has 98 valence electrons. The Morgan fingerprint density at radius 3 is 2.61 bits per heavy atom. The normalized spacial score (nSPS) is 16.7. The van der Waals surface area contributed by atoms with Gasteiger partial charge in [-0.25, -0.2) is 0 Å². The van der Waals surface area contributed by atoms with Crippen molar-refractivity contribution >= 4 is 11.6 Å². The molecule has 3 nitrogen and oxygen atoms in total. The maximum atomic E-state index is 12.1. The lowest BCUT2D eigenvalue weighted by Crippen LogP contribution is -2.33. The van der Waals surface area contributed by atoms with Crippen molar-refractivity contribution in [1.82, 2.24) is 5.32 Å². The van der Waals surface area contributed by atoms with Gasteiger partial charge in [-0.2, -0.15) is 0 Å². The van der Waals surface area contributed by atoms with Crippen molar-refractivity contribution in [2.24, 2.45) is 11.3 Å². The van der Waals surface area contributed by atoms with E-state index < -0.39 is 0 Å². The molecule has 1 aliphatic rings. The number of benzene rings is 1. The number of carbonyl (C=O) groups excluding carboxylic acids is 1. The maximum absolute atomic E-state index is 12.1. The molecule has 1 saturated carbocycles. The van der Waals surface area contributed by atoms with E-state index in [-0.39, 0.29) is 5.91 Å². The Bertz CT molecular complexity index is 462. The second-order valence-corrected chi connectivity index (χ2v) is 5.79. The number of nitrogens with two attached hydrogens (primary N) is 1. The molecule has 2 rings (SSSR count). The van der Waals surface area contributed by atoms with E-state index in [1.807, 2.05) is 19.1 Å². The highest BCUT2D eigenvalue weighted by molar-refractivity contribution is 5.99. The lowest BCUT2D eigenvalue weighted by molar-refractivity contribution is 0.0940. The van der Waals surface area contributed by atoms with Gasteiger partial charge in [-0.15, -0.1) is 0 Å². The highest BCUT2D eigenvalue weighted by atomic mass is 16.1. The van der Waals surface area contributed by atoms with Crippen LogP contribution >= 0.6 is 0 Å². The number of aryl methyl sites for hydroxylation is 1. The van der Waals surface area contributed by atoms with Gasteiger partial charge in [0.2, 0.25) is 0 Å². The minimum absolute atomic E-state index is 0.0561. The fourth-order valence-electron chi connectivity index (χ4n) is 2.36. The molecule has 18 heavy (non-hydrogen) atoms. The summed E-state index contributed by atoms with van der Waals surface area (Å²) in [5.41, 5.74) is 8.42. The van der Waals surface area contributed by atoms with Crippen LogP contribution in [0.25, 0.3) is 0 Å². The number of nitrogen functional groups attached to an aromatic ring is 1. The van der Waals surface area contributed by atoms with E-state index in [9.17, 15) is 4.79 Å². The monoisotopic (exact) mass is 246 g/mol. The third-order valence-corrected chi connectivity index (χ3v) is 4.17. The zero-order valence-corrected chi connectivity index (χ0v) is 11.4. The van der Waals surface area contributed by atoms with E-state index in [0.717, 1.165) is 12.1 Å². The van der Waals surface area contributed by atoms with Gasteiger partial charge >= 0.3 is 0 Å². The molecule has 1 aromatic rings.